The third-order valence-electron chi connectivity index (χ3n) is 4.13. The fourth-order valence-electron chi connectivity index (χ4n) is 3.00. The van der Waals surface area contributed by atoms with Gasteiger partial charge >= 0.3 is 5.97 Å². The minimum absolute atomic E-state index is 0.195. The summed E-state index contributed by atoms with van der Waals surface area (Å²) in [5, 5.41) is 0.614. The van der Waals surface area contributed by atoms with Crippen LogP contribution in [0.4, 0.5) is 0 Å². The molecule has 0 aliphatic heterocycles. The molecule has 2 atom stereocenters. The molecule has 0 radical (unpaired) electrons. The van der Waals surface area contributed by atoms with Crippen LogP contribution in [0.2, 0.25) is 5.02 Å². The lowest BCUT2D eigenvalue weighted by Crippen LogP contribution is -2.27. The van der Waals surface area contributed by atoms with Crippen LogP contribution >= 0.6 is 11.6 Å². The number of ether oxygens (including phenoxy) is 1. The lowest BCUT2D eigenvalue weighted by atomic mass is 9.88. The molecule has 0 fully saturated rings. The first kappa shape index (κ1) is 16.5. The first-order chi connectivity index (χ1) is 11.6. The van der Waals surface area contributed by atoms with Gasteiger partial charge in [0.05, 0.1) is 6.61 Å². The number of carbonyl (C=O) groups is 2. The molecule has 0 aromatic heterocycles. The summed E-state index contributed by atoms with van der Waals surface area (Å²) in [5.74, 6) is -1.87. The Kier molecular flexibility index (Phi) is 4.81. The summed E-state index contributed by atoms with van der Waals surface area (Å²) in [5.41, 5.74) is 2.25. The van der Waals surface area contributed by atoms with Gasteiger partial charge < -0.3 is 4.74 Å². The lowest BCUT2D eigenvalue weighted by molar-refractivity contribution is -0.150. The minimum Gasteiger partial charge on any atom is -0.465 e. The van der Waals surface area contributed by atoms with Gasteiger partial charge in [0.1, 0.15) is 5.92 Å². The van der Waals surface area contributed by atoms with Crippen LogP contribution in [0.15, 0.2) is 60.7 Å². The molecule has 2 aromatic rings. The van der Waals surface area contributed by atoms with Gasteiger partial charge in [0.25, 0.3) is 0 Å². The molecule has 24 heavy (non-hydrogen) atoms. The Bertz CT molecular complexity index is 778. The first-order valence-corrected chi connectivity index (χ1v) is 8.23. The van der Waals surface area contributed by atoms with Gasteiger partial charge in [-0.05, 0) is 30.2 Å². The summed E-state index contributed by atoms with van der Waals surface area (Å²) in [6.07, 6.45) is 1.86. The monoisotopic (exact) mass is 340 g/mol. The first-order valence-electron chi connectivity index (χ1n) is 7.85. The van der Waals surface area contributed by atoms with Crippen molar-refractivity contribution in [3.63, 3.8) is 0 Å². The Labute approximate surface area is 145 Å². The van der Waals surface area contributed by atoms with Crippen LogP contribution in [0.3, 0.4) is 0 Å². The van der Waals surface area contributed by atoms with Crippen molar-refractivity contribution in [2.45, 2.75) is 12.8 Å². The van der Waals surface area contributed by atoms with E-state index in [4.69, 9.17) is 16.3 Å². The SMILES string of the molecule is CCOC(=O)C1C(=O)C(c2ccccc2)=CC1c1ccc(Cl)cc1. The topological polar surface area (TPSA) is 43.4 Å². The molecule has 0 spiro atoms. The van der Waals surface area contributed by atoms with Gasteiger partial charge in [-0.1, -0.05) is 60.1 Å². The van der Waals surface area contributed by atoms with Crippen LogP contribution in [0.1, 0.15) is 24.0 Å². The normalized spacial score (nSPS) is 19.9. The molecule has 3 nitrogen and oxygen atoms in total. The maximum Gasteiger partial charge on any atom is 0.317 e. The number of hydrogen-bond acceptors (Lipinski definition) is 3. The summed E-state index contributed by atoms with van der Waals surface area (Å²) in [6, 6.07) is 16.6. The Morgan fingerprint density at radius 1 is 1.08 bits per heavy atom. The number of allylic oxidation sites excluding steroid dienone is 2. The van der Waals surface area contributed by atoms with Crippen LogP contribution in [-0.4, -0.2) is 18.4 Å². The summed E-state index contributed by atoms with van der Waals surface area (Å²) in [4.78, 5) is 25.3. The number of Topliss-reactive ketones (excluding diaryl/α,β-unsaturated/α-hetero) is 1. The number of esters is 1. The zero-order valence-electron chi connectivity index (χ0n) is 13.2. The van der Waals surface area contributed by atoms with Crippen molar-refractivity contribution in [1.29, 1.82) is 0 Å². The van der Waals surface area contributed by atoms with E-state index in [0.29, 0.717) is 10.6 Å². The van der Waals surface area contributed by atoms with Crippen molar-refractivity contribution in [1.82, 2.24) is 0 Å². The van der Waals surface area contributed by atoms with Crippen molar-refractivity contribution < 1.29 is 14.3 Å². The number of ketones is 1. The summed E-state index contributed by atoms with van der Waals surface area (Å²) in [6.45, 7) is 1.98. The average molecular weight is 341 g/mol. The maximum absolute atomic E-state index is 12.9. The molecule has 4 heteroatoms. The summed E-state index contributed by atoms with van der Waals surface area (Å²) < 4.78 is 5.14. The highest BCUT2D eigenvalue weighted by Crippen LogP contribution is 2.40. The van der Waals surface area contributed by atoms with E-state index >= 15 is 0 Å². The Morgan fingerprint density at radius 2 is 1.75 bits per heavy atom. The zero-order valence-corrected chi connectivity index (χ0v) is 14.0. The fraction of sp³-hybridized carbons (Fsp3) is 0.200. The zero-order chi connectivity index (χ0) is 17.1. The van der Waals surface area contributed by atoms with E-state index in [2.05, 4.69) is 0 Å². The van der Waals surface area contributed by atoms with Crippen LogP contribution in [-0.2, 0) is 14.3 Å². The molecule has 1 aliphatic rings. The predicted octanol–water partition coefficient (Wildman–Crippen LogP) is 4.27. The Morgan fingerprint density at radius 3 is 2.38 bits per heavy atom. The Balaban J connectivity index is 2.03. The second kappa shape index (κ2) is 7.02. The number of carbonyl (C=O) groups excluding carboxylic acids is 2. The van der Waals surface area contributed by atoms with Crippen LogP contribution in [0, 0.1) is 5.92 Å². The van der Waals surface area contributed by atoms with Crippen LogP contribution < -0.4 is 0 Å². The molecule has 2 aromatic carbocycles. The molecule has 0 saturated carbocycles. The second-order valence-electron chi connectivity index (χ2n) is 5.62. The molecule has 0 heterocycles. The summed E-state index contributed by atoms with van der Waals surface area (Å²) >= 11 is 5.95. The number of benzene rings is 2. The largest absolute Gasteiger partial charge is 0.465 e. The second-order valence-corrected chi connectivity index (χ2v) is 6.05. The molecule has 2 unspecified atom stereocenters. The van der Waals surface area contributed by atoms with Gasteiger partial charge in [-0.2, -0.15) is 0 Å². The minimum atomic E-state index is -0.846. The number of hydrogen-bond donors (Lipinski definition) is 0. The molecule has 1 aliphatic carbocycles. The third kappa shape index (κ3) is 3.13. The molecule has 122 valence electrons. The fourth-order valence-corrected chi connectivity index (χ4v) is 3.13. The van der Waals surface area contributed by atoms with Gasteiger partial charge in [-0.25, -0.2) is 0 Å². The van der Waals surface area contributed by atoms with E-state index < -0.39 is 11.9 Å². The van der Waals surface area contributed by atoms with Gasteiger partial charge in [0.2, 0.25) is 0 Å². The van der Waals surface area contributed by atoms with Gasteiger partial charge in [-0.3, -0.25) is 9.59 Å². The van der Waals surface area contributed by atoms with Gasteiger partial charge in [0, 0.05) is 16.5 Å². The molecule has 0 amide bonds. The third-order valence-corrected chi connectivity index (χ3v) is 4.39. The molecule has 0 saturated heterocycles. The standard InChI is InChI=1S/C20H17ClO3/c1-2-24-20(23)18-16(14-8-10-15(21)11-9-14)12-17(19(18)22)13-6-4-3-5-7-13/h3-12,16,18H,2H2,1H3. The molecule has 3 rings (SSSR count). The Hall–Kier alpha value is -2.39. The van der Waals surface area contributed by atoms with Crippen LogP contribution in [0.25, 0.3) is 5.57 Å². The molecule has 0 bridgehead atoms. The van der Waals surface area contributed by atoms with E-state index in [1.54, 1.807) is 19.1 Å². The van der Waals surface area contributed by atoms with Crippen molar-refractivity contribution in [3.8, 4) is 0 Å². The highest BCUT2D eigenvalue weighted by molar-refractivity contribution is 6.31. The van der Waals surface area contributed by atoms with E-state index in [-0.39, 0.29) is 18.3 Å². The van der Waals surface area contributed by atoms with Crippen molar-refractivity contribution >= 4 is 28.9 Å². The van der Waals surface area contributed by atoms with Crippen molar-refractivity contribution in [2.75, 3.05) is 6.61 Å². The predicted molar refractivity (Wildman–Crippen MR) is 93.7 cm³/mol. The van der Waals surface area contributed by atoms with Crippen molar-refractivity contribution in [3.05, 3.63) is 76.8 Å². The molecular formula is C20H17ClO3. The van der Waals surface area contributed by atoms with E-state index in [9.17, 15) is 9.59 Å². The highest BCUT2D eigenvalue weighted by Gasteiger charge is 2.42. The van der Waals surface area contributed by atoms with Crippen molar-refractivity contribution in [2.24, 2.45) is 5.92 Å². The summed E-state index contributed by atoms with van der Waals surface area (Å²) in [7, 11) is 0. The van der Waals surface area contributed by atoms with Crippen LogP contribution in [0.5, 0.6) is 0 Å². The quantitative estimate of drug-likeness (QED) is 0.616. The van der Waals surface area contributed by atoms with Gasteiger partial charge in [-0.15, -0.1) is 0 Å². The number of rotatable bonds is 4. The molecule has 0 N–H and O–H groups in total. The lowest BCUT2D eigenvalue weighted by Gasteiger charge is -2.17. The number of halogens is 1. The van der Waals surface area contributed by atoms with Gasteiger partial charge in [0.15, 0.2) is 5.78 Å². The average Bonchev–Trinajstić information content (AvgIpc) is 2.94. The van der Waals surface area contributed by atoms with E-state index in [0.717, 1.165) is 11.1 Å². The maximum atomic E-state index is 12.9. The smallest absolute Gasteiger partial charge is 0.317 e. The molecular weight excluding hydrogens is 324 g/mol. The van der Waals surface area contributed by atoms with E-state index in [1.165, 1.54) is 0 Å². The van der Waals surface area contributed by atoms with E-state index in [1.807, 2.05) is 48.5 Å². The highest BCUT2D eigenvalue weighted by atomic mass is 35.5.